The number of para-hydroxylation sites is 1. The van der Waals surface area contributed by atoms with Gasteiger partial charge in [-0.25, -0.2) is 4.98 Å². The van der Waals surface area contributed by atoms with Crippen LogP contribution in [-0.2, 0) is 11.3 Å². The highest BCUT2D eigenvalue weighted by Gasteiger charge is 2.12. The number of aryl methyl sites for hydroxylation is 1. The normalized spacial score (nSPS) is 10.9. The number of nitrogens with one attached hydrogen (secondary N) is 1. The maximum absolute atomic E-state index is 12.1. The Labute approximate surface area is 140 Å². The average molecular weight is 349 g/mol. The van der Waals surface area contributed by atoms with Crippen LogP contribution in [0.25, 0.3) is 10.2 Å². The van der Waals surface area contributed by atoms with E-state index in [4.69, 9.17) is 4.74 Å². The van der Waals surface area contributed by atoms with Gasteiger partial charge in [0, 0.05) is 24.0 Å². The second-order valence-corrected chi connectivity index (χ2v) is 6.77. The Morgan fingerprint density at radius 2 is 2.26 bits per heavy atom. The number of hydrogen-bond acceptors (Lipinski definition) is 6. The van der Waals surface area contributed by atoms with Crippen LogP contribution < -0.4 is 14.9 Å². The second kappa shape index (κ2) is 6.51. The minimum atomic E-state index is -0.166. The van der Waals surface area contributed by atoms with E-state index < -0.39 is 0 Å². The van der Waals surface area contributed by atoms with Crippen LogP contribution in [0.2, 0.25) is 0 Å². The zero-order valence-electron chi connectivity index (χ0n) is 12.7. The third kappa shape index (κ3) is 3.27. The van der Waals surface area contributed by atoms with Crippen molar-refractivity contribution in [2.75, 3.05) is 12.4 Å². The monoisotopic (exact) mass is 349 g/mol. The van der Waals surface area contributed by atoms with Crippen LogP contribution in [0.5, 0.6) is 5.75 Å². The van der Waals surface area contributed by atoms with Gasteiger partial charge in [-0.15, -0.1) is 0 Å². The van der Waals surface area contributed by atoms with Crippen molar-refractivity contribution in [1.82, 2.24) is 9.55 Å². The van der Waals surface area contributed by atoms with E-state index in [1.54, 1.807) is 17.1 Å². The van der Waals surface area contributed by atoms with Gasteiger partial charge in [0.25, 0.3) is 0 Å². The first-order chi connectivity index (χ1) is 11.1. The van der Waals surface area contributed by atoms with Crippen molar-refractivity contribution >= 4 is 43.9 Å². The zero-order valence-corrected chi connectivity index (χ0v) is 14.3. The lowest BCUT2D eigenvalue weighted by Gasteiger charge is -2.04. The van der Waals surface area contributed by atoms with Gasteiger partial charge in [0.15, 0.2) is 5.13 Å². The summed E-state index contributed by atoms with van der Waals surface area (Å²) in [6.45, 7) is 2.23. The van der Waals surface area contributed by atoms with Crippen LogP contribution in [0, 0.1) is 6.92 Å². The largest absolute Gasteiger partial charge is 0.494 e. The highest BCUT2D eigenvalue weighted by molar-refractivity contribution is 7.22. The smallest absolute Gasteiger partial charge is 0.307 e. The van der Waals surface area contributed by atoms with Crippen LogP contribution in [0.4, 0.5) is 5.13 Å². The van der Waals surface area contributed by atoms with E-state index in [9.17, 15) is 9.59 Å². The van der Waals surface area contributed by atoms with Gasteiger partial charge in [-0.05, 0) is 19.1 Å². The molecule has 0 aliphatic carbocycles. The molecule has 1 aromatic carbocycles. The number of nitrogens with zero attached hydrogens (tertiary/aromatic N) is 2. The molecule has 120 valence electrons. The van der Waals surface area contributed by atoms with E-state index in [1.165, 1.54) is 11.3 Å². The van der Waals surface area contributed by atoms with E-state index in [1.807, 2.05) is 25.1 Å². The topological polar surface area (TPSA) is 73.2 Å². The molecular formula is C15H15N3O3S2. The third-order valence-corrected chi connectivity index (χ3v) is 5.20. The van der Waals surface area contributed by atoms with Gasteiger partial charge in [-0.2, -0.15) is 0 Å². The molecule has 1 N–H and O–H groups in total. The van der Waals surface area contributed by atoms with E-state index in [-0.39, 0.29) is 17.2 Å². The summed E-state index contributed by atoms with van der Waals surface area (Å²) >= 11 is 2.54. The van der Waals surface area contributed by atoms with Crippen LogP contribution >= 0.6 is 22.7 Å². The molecule has 2 heterocycles. The van der Waals surface area contributed by atoms with Gasteiger partial charge >= 0.3 is 4.87 Å². The maximum Gasteiger partial charge on any atom is 0.307 e. The molecule has 0 saturated heterocycles. The molecule has 1 amide bonds. The van der Waals surface area contributed by atoms with Crippen LogP contribution in [-0.4, -0.2) is 22.6 Å². The highest BCUT2D eigenvalue weighted by atomic mass is 32.1. The van der Waals surface area contributed by atoms with Gasteiger partial charge < -0.3 is 14.6 Å². The quantitative estimate of drug-likeness (QED) is 0.769. The number of thiazole rings is 2. The minimum absolute atomic E-state index is 0.0416. The van der Waals surface area contributed by atoms with Crippen molar-refractivity contribution in [1.29, 1.82) is 0 Å². The summed E-state index contributed by atoms with van der Waals surface area (Å²) in [5.41, 5.74) is 1.61. The molecule has 0 fully saturated rings. The number of ether oxygens (including phenoxy) is 1. The molecule has 0 aliphatic heterocycles. The molecular weight excluding hydrogens is 334 g/mol. The second-order valence-electron chi connectivity index (χ2n) is 4.92. The van der Waals surface area contributed by atoms with E-state index >= 15 is 0 Å². The lowest BCUT2D eigenvalue weighted by molar-refractivity contribution is -0.116. The number of hydrogen-bond donors (Lipinski definition) is 1. The maximum atomic E-state index is 12.1. The number of benzene rings is 1. The third-order valence-electron chi connectivity index (χ3n) is 3.39. The number of fused-ring (bicyclic) bond motifs is 1. The summed E-state index contributed by atoms with van der Waals surface area (Å²) in [6, 6.07) is 5.65. The fourth-order valence-electron chi connectivity index (χ4n) is 2.21. The molecule has 0 unspecified atom stereocenters. The Morgan fingerprint density at radius 1 is 1.43 bits per heavy atom. The summed E-state index contributed by atoms with van der Waals surface area (Å²) in [7, 11) is 1.59. The van der Waals surface area contributed by atoms with Crippen molar-refractivity contribution in [2.24, 2.45) is 0 Å². The Bertz CT molecular complexity index is 910. The Kier molecular flexibility index (Phi) is 4.44. The summed E-state index contributed by atoms with van der Waals surface area (Å²) in [5, 5.41) is 5.11. The molecule has 0 spiro atoms. The lowest BCUT2D eigenvalue weighted by atomic mass is 10.3. The zero-order chi connectivity index (χ0) is 16.4. The van der Waals surface area contributed by atoms with Crippen LogP contribution in [0.1, 0.15) is 12.1 Å². The predicted octanol–water partition coefficient (Wildman–Crippen LogP) is 2.87. The van der Waals surface area contributed by atoms with Crippen molar-refractivity contribution in [3.63, 3.8) is 0 Å². The number of anilines is 1. The molecule has 0 atom stereocenters. The van der Waals surface area contributed by atoms with Crippen molar-refractivity contribution in [2.45, 2.75) is 19.9 Å². The molecule has 0 radical (unpaired) electrons. The molecule has 23 heavy (non-hydrogen) atoms. The first-order valence-corrected chi connectivity index (χ1v) is 8.66. The summed E-state index contributed by atoms with van der Waals surface area (Å²) < 4.78 is 7.81. The summed E-state index contributed by atoms with van der Waals surface area (Å²) in [5.74, 6) is 0.514. The van der Waals surface area contributed by atoms with E-state index in [0.717, 1.165) is 27.2 Å². The molecule has 3 aromatic rings. The van der Waals surface area contributed by atoms with Crippen molar-refractivity contribution < 1.29 is 9.53 Å². The Hall–Kier alpha value is -2.19. The molecule has 3 rings (SSSR count). The number of methoxy groups -OCH3 is 1. The minimum Gasteiger partial charge on any atom is -0.494 e. The number of carbonyl (C=O) groups is 1. The van der Waals surface area contributed by atoms with Gasteiger partial charge in [0.2, 0.25) is 5.91 Å². The molecule has 8 heteroatoms. The van der Waals surface area contributed by atoms with E-state index in [2.05, 4.69) is 10.3 Å². The SMILES string of the molecule is COc1cccc2sc(NC(=O)CCn3c(C)csc3=O)nc12. The lowest BCUT2D eigenvalue weighted by Crippen LogP contribution is -2.20. The van der Waals surface area contributed by atoms with E-state index in [0.29, 0.717) is 17.4 Å². The number of amides is 1. The van der Waals surface area contributed by atoms with Crippen molar-refractivity contribution in [3.05, 3.63) is 38.9 Å². The predicted molar refractivity (Wildman–Crippen MR) is 92.7 cm³/mol. The fraction of sp³-hybridized carbons (Fsp3) is 0.267. The number of carbonyl (C=O) groups excluding carboxylic acids is 1. The summed E-state index contributed by atoms with van der Waals surface area (Å²) in [6.07, 6.45) is 0.227. The van der Waals surface area contributed by atoms with Crippen LogP contribution in [0.3, 0.4) is 0 Å². The first-order valence-electron chi connectivity index (χ1n) is 6.97. The molecule has 0 saturated carbocycles. The summed E-state index contributed by atoms with van der Waals surface area (Å²) in [4.78, 5) is 28.1. The number of aromatic nitrogens is 2. The van der Waals surface area contributed by atoms with Gasteiger partial charge in [-0.3, -0.25) is 9.59 Å². The van der Waals surface area contributed by atoms with Gasteiger partial charge in [0.05, 0.1) is 11.8 Å². The Morgan fingerprint density at radius 3 is 2.96 bits per heavy atom. The van der Waals surface area contributed by atoms with Crippen LogP contribution in [0.15, 0.2) is 28.4 Å². The molecule has 6 nitrogen and oxygen atoms in total. The average Bonchev–Trinajstić information content (AvgIpc) is 3.08. The fourth-order valence-corrected chi connectivity index (χ4v) is 3.87. The Balaban J connectivity index is 1.69. The molecule has 0 aliphatic rings. The molecule has 2 aromatic heterocycles. The molecule has 0 bridgehead atoms. The van der Waals surface area contributed by atoms with Gasteiger partial charge in [-0.1, -0.05) is 28.7 Å². The van der Waals surface area contributed by atoms with Gasteiger partial charge in [0.1, 0.15) is 11.3 Å². The van der Waals surface area contributed by atoms with Crippen molar-refractivity contribution in [3.8, 4) is 5.75 Å². The first kappa shape index (κ1) is 15.7. The standard InChI is InChI=1S/C15H15N3O3S2/c1-9-8-22-15(20)18(9)7-6-12(19)16-14-17-13-10(21-2)4-3-5-11(13)23-14/h3-5,8H,6-7H2,1-2H3,(H,16,17,19). The number of rotatable bonds is 5. The highest BCUT2D eigenvalue weighted by Crippen LogP contribution is 2.32.